The second-order valence-electron chi connectivity index (χ2n) is 21.8. The molecule has 17 aliphatic carbocycles. The second kappa shape index (κ2) is 15.9. The molecule has 332 valence electrons. The Morgan fingerprint density at radius 2 is 0.324 bits per heavy atom. The van der Waals surface area contributed by atoms with E-state index >= 15 is 0 Å². The topological polar surface area (TPSA) is 0 Å². The zero-order chi connectivity index (χ0) is 45.7. The van der Waals surface area contributed by atoms with Gasteiger partial charge in [-0.15, -0.1) is 0 Å². The van der Waals surface area contributed by atoms with E-state index in [2.05, 4.69) is 222 Å². The Hall–Kier alpha value is -6.76. The first-order chi connectivity index (χ1) is 33.2. The van der Waals surface area contributed by atoms with Crippen LogP contribution in [-0.2, 0) is 0 Å². The Bertz CT molecular complexity index is 3570. The van der Waals surface area contributed by atoms with E-state index < -0.39 is 0 Å². The van der Waals surface area contributed by atoms with E-state index in [4.69, 9.17) is 0 Å². The van der Waals surface area contributed by atoms with Crippen LogP contribution in [0.25, 0.3) is 22.3 Å². The molecular formula is C68H60. The smallest absolute Gasteiger partial charge is 0.00880 e. The number of fused-ring (bicyclic) bond motifs is 2. The Kier molecular flexibility index (Phi) is 9.70. The molecule has 0 heterocycles. The van der Waals surface area contributed by atoms with Gasteiger partial charge in [0, 0.05) is 10.8 Å². The zero-order valence-electron chi connectivity index (χ0n) is 40.0. The second-order valence-corrected chi connectivity index (χ2v) is 21.8. The Labute approximate surface area is 398 Å². The summed E-state index contributed by atoms with van der Waals surface area (Å²) in [6, 6.07) is 74.8. The minimum Gasteiger partial charge on any atom is -0.0544 e. The average molecular weight is 877 g/mol. The van der Waals surface area contributed by atoms with Crippen molar-refractivity contribution in [3.63, 3.8) is 0 Å². The molecule has 68 heavy (non-hydrogen) atoms. The SMILES string of the molecule is CC1(C)C2=c3ccc(cc3)=c3ccc(cc3)=c3ccc(cc3)=c3ccc(cc3)=C3C4CCCC4C(=c4ccc(cc4)=c4ccc(cc4)=c4ccc(cc4)=c4ccc(cc4)=C1C1CCCC21)C3(C)C. The van der Waals surface area contributed by atoms with Crippen molar-refractivity contribution in [1.29, 1.82) is 0 Å². The predicted molar refractivity (Wildman–Crippen MR) is 279 cm³/mol. The van der Waals surface area contributed by atoms with E-state index in [1.54, 1.807) is 22.3 Å². The zero-order valence-corrected chi connectivity index (χ0v) is 40.0. The van der Waals surface area contributed by atoms with Crippen molar-refractivity contribution in [2.45, 2.75) is 66.2 Å². The lowest BCUT2D eigenvalue weighted by atomic mass is 9.78. The maximum absolute atomic E-state index is 2.49. The maximum atomic E-state index is 2.49. The molecule has 0 nitrogen and oxygen atoms in total. The lowest BCUT2D eigenvalue weighted by Gasteiger charge is -2.26. The van der Waals surface area contributed by atoms with Crippen LogP contribution in [0.1, 0.15) is 66.2 Å². The number of benzene rings is 8. The molecule has 25 rings (SSSR count). The van der Waals surface area contributed by atoms with Gasteiger partial charge in [-0.1, -0.05) is 235 Å². The molecule has 20 bridgehead atoms. The summed E-state index contributed by atoms with van der Waals surface area (Å²) in [6.07, 6.45) is 7.73. The monoisotopic (exact) mass is 876 g/mol. The largest absolute Gasteiger partial charge is 0.0544 e. The van der Waals surface area contributed by atoms with Crippen molar-refractivity contribution >= 4 is 22.3 Å². The summed E-state index contributed by atoms with van der Waals surface area (Å²) >= 11 is 0. The van der Waals surface area contributed by atoms with Crippen LogP contribution in [0, 0.1) is 97.1 Å². The van der Waals surface area contributed by atoms with Crippen molar-refractivity contribution in [2.24, 2.45) is 34.5 Å². The quantitative estimate of drug-likeness (QED) is 0.142. The van der Waals surface area contributed by atoms with Crippen LogP contribution < -0.4 is 20.9 Å². The Balaban J connectivity index is 1.01. The minimum absolute atomic E-state index is 0.0115. The van der Waals surface area contributed by atoms with E-state index in [1.165, 1.54) is 122 Å². The third kappa shape index (κ3) is 6.70. The third-order valence-corrected chi connectivity index (χ3v) is 17.5. The summed E-state index contributed by atoms with van der Waals surface area (Å²) in [4.78, 5) is 0. The van der Waals surface area contributed by atoms with Gasteiger partial charge in [0.25, 0.3) is 0 Å². The van der Waals surface area contributed by atoms with Crippen LogP contribution >= 0.6 is 0 Å². The van der Waals surface area contributed by atoms with E-state index in [0.29, 0.717) is 23.7 Å². The number of hydrogen-bond donors (Lipinski definition) is 0. The first kappa shape index (κ1) is 41.4. The molecule has 8 aromatic rings. The Morgan fingerprint density at radius 1 is 0.206 bits per heavy atom. The molecule has 8 aromatic carbocycles. The standard InChI is InChI=1S/C68H60/c1-67(2)63-55-35-27-51(28-36-55)47-19-11-43(12-20-47)45-15-23-49(24-16-45)53-31-39-57(40-32-53)65-61-9-6-10-62(61)66(68(65,3)4)58-41-33-54(34-42-58)50-25-17-46(18-26-50)44-13-21-48(22-14-44)52-29-37-56(38-30-52)64(67)60-8-5-7-59(60)63/h11-42,59-62H,5-10H2,1-4H3. The fraction of sp³-hybridized carbons (Fsp3) is 0.235. The van der Waals surface area contributed by atoms with Crippen LogP contribution in [-0.4, -0.2) is 0 Å². The first-order valence-electron chi connectivity index (χ1n) is 25.5. The van der Waals surface area contributed by atoms with Crippen molar-refractivity contribution in [2.75, 3.05) is 0 Å². The molecular weight excluding hydrogens is 817 g/mol. The van der Waals surface area contributed by atoms with Gasteiger partial charge in [0.15, 0.2) is 0 Å². The molecule has 0 aliphatic heterocycles. The minimum atomic E-state index is -0.0115. The van der Waals surface area contributed by atoms with E-state index in [1.807, 2.05) is 0 Å². The van der Waals surface area contributed by atoms with Gasteiger partial charge < -0.3 is 0 Å². The maximum Gasteiger partial charge on any atom is 0.00880 e. The van der Waals surface area contributed by atoms with Gasteiger partial charge in [-0.25, -0.2) is 0 Å². The van der Waals surface area contributed by atoms with Gasteiger partial charge in [0.1, 0.15) is 0 Å². The normalized spacial score (nSPS) is 21.6. The fourth-order valence-electron chi connectivity index (χ4n) is 14.5. The van der Waals surface area contributed by atoms with Crippen molar-refractivity contribution in [3.05, 3.63) is 278 Å². The molecule has 0 aromatic heterocycles. The molecule has 4 fully saturated rings. The highest BCUT2D eigenvalue weighted by molar-refractivity contribution is 5.81. The highest BCUT2D eigenvalue weighted by atomic mass is 14.5. The molecule has 4 saturated carbocycles. The van der Waals surface area contributed by atoms with Crippen LogP contribution in [0.3, 0.4) is 0 Å². The van der Waals surface area contributed by atoms with Crippen molar-refractivity contribution in [1.82, 2.24) is 0 Å². The molecule has 17 aliphatic rings. The van der Waals surface area contributed by atoms with Crippen LogP contribution in [0.2, 0.25) is 0 Å². The summed E-state index contributed by atoms with van der Waals surface area (Å²) in [6.45, 7) is 9.97. The van der Waals surface area contributed by atoms with Crippen LogP contribution in [0.4, 0.5) is 0 Å². The van der Waals surface area contributed by atoms with Gasteiger partial charge in [-0.3, -0.25) is 0 Å². The highest BCUT2D eigenvalue weighted by Gasteiger charge is 2.51. The van der Waals surface area contributed by atoms with Gasteiger partial charge in [0.2, 0.25) is 0 Å². The van der Waals surface area contributed by atoms with Crippen LogP contribution in [0.15, 0.2) is 194 Å². The number of hydrogen-bond acceptors (Lipinski definition) is 0. The van der Waals surface area contributed by atoms with E-state index in [9.17, 15) is 0 Å². The lowest BCUT2D eigenvalue weighted by molar-refractivity contribution is 0.614. The molecule has 0 saturated heterocycles. The van der Waals surface area contributed by atoms with E-state index in [0.717, 1.165) is 0 Å². The summed E-state index contributed by atoms with van der Waals surface area (Å²) in [5, 5.41) is 20.8. The van der Waals surface area contributed by atoms with Crippen LogP contribution in [0.5, 0.6) is 0 Å². The molecule has 0 N–H and O–H groups in total. The van der Waals surface area contributed by atoms with E-state index in [-0.39, 0.29) is 10.8 Å². The Morgan fingerprint density at radius 3 is 0.456 bits per heavy atom. The molecule has 0 amide bonds. The first-order valence-corrected chi connectivity index (χ1v) is 25.5. The summed E-state index contributed by atoms with van der Waals surface area (Å²) in [7, 11) is 0. The van der Waals surface area contributed by atoms with Gasteiger partial charge in [0.05, 0.1) is 0 Å². The van der Waals surface area contributed by atoms with Crippen molar-refractivity contribution in [3.8, 4) is 0 Å². The molecule has 4 atom stereocenters. The molecule has 0 heteroatoms. The third-order valence-electron chi connectivity index (χ3n) is 17.5. The molecule has 4 unspecified atom stereocenters. The molecule has 0 radical (unpaired) electrons. The summed E-state index contributed by atoms with van der Waals surface area (Å²) < 4.78 is 0. The van der Waals surface area contributed by atoms with Gasteiger partial charge >= 0.3 is 0 Å². The summed E-state index contributed by atoms with van der Waals surface area (Å²) in [5.74, 6) is 2.42. The van der Waals surface area contributed by atoms with Gasteiger partial charge in [-0.2, -0.15) is 0 Å². The van der Waals surface area contributed by atoms with Gasteiger partial charge in [-0.05, 0) is 155 Å². The summed E-state index contributed by atoms with van der Waals surface area (Å²) in [5.41, 5.74) is 6.50. The van der Waals surface area contributed by atoms with Crippen molar-refractivity contribution < 1.29 is 0 Å². The average Bonchev–Trinajstić information content (AvgIpc) is 4.13. The highest BCUT2D eigenvalue weighted by Crippen LogP contribution is 2.61. The fourth-order valence-corrected chi connectivity index (χ4v) is 14.5. The number of rotatable bonds is 0. The molecule has 0 spiro atoms. The predicted octanol–water partition coefficient (Wildman–Crippen LogP) is 12.6. The lowest BCUT2D eigenvalue weighted by Crippen LogP contribution is -2.23.